The molecule has 1 aliphatic rings. The van der Waals surface area contributed by atoms with E-state index in [-0.39, 0.29) is 0 Å². The van der Waals surface area contributed by atoms with Gasteiger partial charge < -0.3 is 15.1 Å². The van der Waals surface area contributed by atoms with Crippen LogP contribution in [0.4, 0.5) is 11.7 Å². The molecule has 0 saturated heterocycles. The van der Waals surface area contributed by atoms with Crippen molar-refractivity contribution in [2.24, 2.45) is 5.92 Å². The Labute approximate surface area is 125 Å². The second-order valence-corrected chi connectivity index (χ2v) is 5.99. The molecule has 5 heteroatoms. The Morgan fingerprint density at radius 3 is 2.90 bits per heavy atom. The first-order valence-corrected chi connectivity index (χ1v) is 7.62. The Balaban J connectivity index is 1.59. The summed E-state index contributed by atoms with van der Waals surface area (Å²) >= 11 is 0. The fourth-order valence-electron chi connectivity index (χ4n) is 2.62. The van der Waals surface area contributed by atoms with Gasteiger partial charge in [0.05, 0.1) is 6.54 Å². The van der Waals surface area contributed by atoms with Gasteiger partial charge in [0.25, 0.3) is 0 Å². The summed E-state index contributed by atoms with van der Waals surface area (Å²) in [6, 6.07) is 6.90. The largest absolute Gasteiger partial charge is 0.406 e. The molecule has 0 unspecified atom stereocenters. The Morgan fingerprint density at radius 2 is 2.05 bits per heavy atom. The van der Waals surface area contributed by atoms with Gasteiger partial charge in [0.2, 0.25) is 5.89 Å². The molecule has 0 saturated carbocycles. The maximum absolute atomic E-state index is 5.59. The first-order chi connectivity index (χ1) is 10.2. The van der Waals surface area contributed by atoms with E-state index in [2.05, 4.69) is 52.9 Å². The zero-order valence-electron chi connectivity index (χ0n) is 12.6. The van der Waals surface area contributed by atoms with E-state index in [1.54, 1.807) is 0 Å². The number of nitrogens with one attached hydrogen (secondary N) is 2. The Morgan fingerprint density at radius 1 is 1.19 bits per heavy atom. The van der Waals surface area contributed by atoms with Crippen molar-refractivity contribution in [1.29, 1.82) is 0 Å². The normalized spacial score (nSPS) is 13.7. The van der Waals surface area contributed by atoms with Crippen LogP contribution in [0.2, 0.25) is 0 Å². The number of fused-ring (bicyclic) bond motifs is 1. The summed E-state index contributed by atoms with van der Waals surface area (Å²) in [5.41, 5.74) is 3.91. The molecule has 0 atom stereocenters. The fourth-order valence-corrected chi connectivity index (χ4v) is 2.62. The first kappa shape index (κ1) is 14.1. The summed E-state index contributed by atoms with van der Waals surface area (Å²) in [6.07, 6.45) is 3.62. The van der Waals surface area contributed by atoms with Crippen molar-refractivity contribution >= 4 is 11.7 Å². The van der Waals surface area contributed by atoms with Gasteiger partial charge in [0.1, 0.15) is 0 Å². The van der Waals surface area contributed by atoms with Crippen LogP contribution in [-0.4, -0.2) is 16.7 Å². The van der Waals surface area contributed by atoms with E-state index in [4.69, 9.17) is 4.42 Å². The highest BCUT2D eigenvalue weighted by molar-refractivity contribution is 5.55. The lowest BCUT2D eigenvalue weighted by atomic mass is 10.1. The van der Waals surface area contributed by atoms with Gasteiger partial charge in [-0.15, -0.1) is 5.10 Å². The van der Waals surface area contributed by atoms with Gasteiger partial charge >= 0.3 is 6.01 Å². The summed E-state index contributed by atoms with van der Waals surface area (Å²) < 4.78 is 5.59. The number of anilines is 2. The molecule has 2 aromatic rings. The quantitative estimate of drug-likeness (QED) is 0.854. The van der Waals surface area contributed by atoms with Crippen LogP contribution in [-0.2, 0) is 19.4 Å². The van der Waals surface area contributed by atoms with E-state index in [1.165, 1.54) is 30.4 Å². The maximum Gasteiger partial charge on any atom is 0.320 e. The molecule has 1 aliphatic carbocycles. The molecule has 1 aromatic carbocycles. The lowest BCUT2D eigenvalue weighted by Gasteiger charge is -2.05. The van der Waals surface area contributed by atoms with Crippen LogP contribution in [0.25, 0.3) is 0 Å². The van der Waals surface area contributed by atoms with Crippen LogP contribution in [0.1, 0.15) is 37.3 Å². The van der Waals surface area contributed by atoms with Gasteiger partial charge in [-0.25, -0.2) is 0 Å². The molecule has 0 radical (unpaired) electrons. The van der Waals surface area contributed by atoms with Crippen LogP contribution in [0.15, 0.2) is 22.6 Å². The average molecular weight is 286 g/mol. The van der Waals surface area contributed by atoms with Gasteiger partial charge in [-0.1, -0.05) is 25.0 Å². The summed E-state index contributed by atoms with van der Waals surface area (Å²) in [4.78, 5) is 0. The first-order valence-electron chi connectivity index (χ1n) is 7.62. The van der Waals surface area contributed by atoms with Crippen molar-refractivity contribution in [3.63, 3.8) is 0 Å². The van der Waals surface area contributed by atoms with Crippen molar-refractivity contribution in [3.8, 4) is 0 Å². The Kier molecular flexibility index (Phi) is 4.20. The van der Waals surface area contributed by atoms with Crippen molar-refractivity contribution < 1.29 is 4.42 Å². The molecule has 1 heterocycles. The zero-order valence-corrected chi connectivity index (χ0v) is 12.6. The molecule has 21 heavy (non-hydrogen) atoms. The summed E-state index contributed by atoms with van der Waals surface area (Å²) in [5, 5.41) is 14.5. The van der Waals surface area contributed by atoms with Gasteiger partial charge in [-0.3, -0.25) is 0 Å². The van der Waals surface area contributed by atoms with Gasteiger partial charge in [0, 0.05) is 5.69 Å². The highest BCUT2D eigenvalue weighted by Crippen LogP contribution is 2.26. The number of hydrogen-bond donors (Lipinski definition) is 2. The van der Waals surface area contributed by atoms with Gasteiger partial charge in [-0.05, 0) is 55.0 Å². The Hall–Kier alpha value is -1.88. The average Bonchev–Trinajstić information content (AvgIpc) is 3.07. The number of rotatable bonds is 6. The molecule has 0 aliphatic heterocycles. The summed E-state index contributed by atoms with van der Waals surface area (Å²) in [7, 11) is 0. The molecule has 0 spiro atoms. The molecule has 1 aromatic heterocycles. The maximum atomic E-state index is 5.59. The molecule has 5 nitrogen and oxygen atoms in total. The smallest absolute Gasteiger partial charge is 0.320 e. The van der Waals surface area contributed by atoms with E-state index >= 15 is 0 Å². The molecule has 0 amide bonds. The highest BCUT2D eigenvalue weighted by atomic mass is 16.4. The standard InChI is InChI=1S/C16H22N4O/c1-11(2)9-17-10-15-19-20-16(21-15)18-14-7-6-12-4-3-5-13(12)8-14/h6-8,11,17H,3-5,9-10H2,1-2H3,(H,18,20). The van der Waals surface area contributed by atoms with Crippen molar-refractivity contribution in [2.75, 3.05) is 11.9 Å². The van der Waals surface area contributed by atoms with E-state index in [0.29, 0.717) is 24.4 Å². The molecule has 2 N–H and O–H groups in total. The molecular formula is C16H22N4O. The van der Waals surface area contributed by atoms with E-state index in [0.717, 1.165) is 12.2 Å². The minimum atomic E-state index is 0.453. The number of hydrogen-bond acceptors (Lipinski definition) is 5. The monoisotopic (exact) mass is 286 g/mol. The predicted octanol–water partition coefficient (Wildman–Crippen LogP) is 3.05. The van der Waals surface area contributed by atoms with Crippen LogP contribution < -0.4 is 10.6 Å². The van der Waals surface area contributed by atoms with Crippen molar-refractivity contribution in [1.82, 2.24) is 15.5 Å². The number of aromatic nitrogens is 2. The van der Waals surface area contributed by atoms with Gasteiger partial charge in [0.15, 0.2) is 0 Å². The summed E-state index contributed by atoms with van der Waals surface area (Å²) in [5.74, 6) is 1.22. The third kappa shape index (κ3) is 3.61. The van der Waals surface area contributed by atoms with Crippen molar-refractivity contribution in [2.45, 2.75) is 39.7 Å². The minimum Gasteiger partial charge on any atom is -0.406 e. The SMILES string of the molecule is CC(C)CNCc1nnc(Nc2ccc3c(c2)CCC3)o1. The van der Waals surface area contributed by atoms with Crippen LogP contribution >= 0.6 is 0 Å². The molecule has 3 rings (SSSR count). The highest BCUT2D eigenvalue weighted by Gasteiger charge is 2.12. The second kappa shape index (κ2) is 6.26. The Bertz CT molecular complexity index is 606. The third-order valence-corrected chi connectivity index (χ3v) is 3.65. The second-order valence-electron chi connectivity index (χ2n) is 5.99. The van der Waals surface area contributed by atoms with Gasteiger partial charge in [-0.2, -0.15) is 0 Å². The van der Waals surface area contributed by atoms with E-state index in [1.807, 2.05) is 0 Å². The number of nitrogens with zero attached hydrogens (tertiary/aromatic N) is 2. The summed E-state index contributed by atoms with van der Waals surface area (Å²) in [6.45, 7) is 5.89. The van der Waals surface area contributed by atoms with E-state index in [9.17, 15) is 0 Å². The zero-order chi connectivity index (χ0) is 14.7. The molecular weight excluding hydrogens is 264 g/mol. The van der Waals surface area contributed by atoms with Crippen LogP contribution in [0.3, 0.4) is 0 Å². The fraction of sp³-hybridized carbons (Fsp3) is 0.500. The molecule has 112 valence electrons. The number of aryl methyl sites for hydroxylation is 2. The van der Waals surface area contributed by atoms with E-state index < -0.39 is 0 Å². The van der Waals surface area contributed by atoms with Crippen LogP contribution in [0.5, 0.6) is 0 Å². The minimum absolute atomic E-state index is 0.453. The molecule has 0 bridgehead atoms. The topological polar surface area (TPSA) is 63.0 Å². The lowest BCUT2D eigenvalue weighted by Crippen LogP contribution is -2.19. The lowest BCUT2D eigenvalue weighted by molar-refractivity contribution is 0.460. The van der Waals surface area contributed by atoms with Crippen molar-refractivity contribution in [3.05, 3.63) is 35.2 Å². The number of benzene rings is 1. The third-order valence-electron chi connectivity index (χ3n) is 3.65. The predicted molar refractivity (Wildman–Crippen MR) is 82.6 cm³/mol. The molecule has 0 fully saturated rings. The van der Waals surface area contributed by atoms with Crippen LogP contribution in [0, 0.1) is 5.92 Å².